The Labute approximate surface area is 142 Å². The van der Waals surface area contributed by atoms with E-state index in [1.807, 2.05) is 17.2 Å². The van der Waals surface area contributed by atoms with Gasteiger partial charge in [-0.3, -0.25) is 9.78 Å². The number of hydrogen-bond acceptors (Lipinski definition) is 5. The summed E-state index contributed by atoms with van der Waals surface area (Å²) in [6.45, 7) is 4.49. The van der Waals surface area contributed by atoms with Gasteiger partial charge in [-0.15, -0.1) is 0 Å². The van der Waals surface area contributed by atoms with Gasteiger partial charge in [0.15, 0.2) is 0 Å². The standard InChI is InChI=1S/C18H25N3O3/c22-17(16-5-2-10-23-16)21-9-11-24-18(14-21)6-3-8-20(13-18)15-4-1-7-19-12-15/h1,4,7,12,16H,2-3,5-6,8-11,13-14H2/t16-,18?/m1/s1. The lowest BCUT2D eigenvalue weighted by atomic mass is 9.90. The van der Waals surface area contributed by atoms with Crippen LogP contribution in [0.15, 0.2) is 24.5 Å². The van der Waals surface area contributed by atoms with Crippen LogP contribution in [0.5, 0.6) is 0 Å². The minimum absolute atomic E-state index is 0.147. The lowest BCUT2D eigenvalue weighted by Gasteiger charge is -2.48. The number of carbonyl (C=O) groups excluding carboxylic acids is 1. The summed E-state index contributed by atoms with van der Waals surface area (Å²) in [5.41, 5.74) is 0.864. The zero-order valence-corrected chi connectivity index (χ0v) is 14.0. The van der Waals surface area contributed by atoms with Gasteiger partial charge in [0.2, 0.25) is 0 Å². The molecular formula is C18H25N3O3. The molecule has 1 unspecified atom stereocenters. The minimum Gasteiger partial charge on any atom is -0.369 e. The fraction of sp³-hybridized carbons (Fsp3) is 0.667. The SMILES string of the molecule is O=C([C@H]1CCCO1)N1CCOC2(CCCN(c3cccnc3)C2)C1. The number of piperidine rings is 1. The van der Waals surface area contributed by atoms with Gasteiger partial charge in [-0.05, 0) is 37.8 Å². The molecule has 4 rings (SSSR count). The molecular weight excluding hydrogens is 306 g/mol. The van der Waals surface area contributed by atoms with E-state index in [0.717, 1.165) is 44.5 Å². The molecule has 6 nitrogen and oxygen atoms in total. The highest BCUT2D eigenvalue weighted by Crippen LogP contribution is 2.32. The molecule has 1 aromatic heterocycles. The fourth-order valence-electron chi connectivity index (χ4n) is 4.12. The molecule has 4 heterocycles. The van der Waals surface area contributed by atoms with Gasteiger partial charge in [-0.2, -0.15) is 0 Å². The maximum Gasteiger partial charge on any atom is 0.251 e. The smallest absolute Gasteiger partial charge is 0.251 e. The first-order valence-electron chi connectivity index (χ1n) is 8.95. The normalized spacial score (nSPS) is 30.8. The van der Waals surface area contributed by atoms with Crippen LogP contribution in [0.25, 0.3) is 0 Å². The van der Waals surface area contributed by atoms with Gasteiger partial charge < -0.3 is 19.3 Å². The number of rotatable bonds is 2. The summed E-state index contributed by atoms with van der Waals surface area (Å²) in [7, 11) is 0. The molecule has 1 amide bonds. The second-order valence-corrected chi connectivity index (χ2v) is 7.03. The van der Waals surface area contributed by atoms with Gasteiger partial charge in [0.05, 0.1) is 25.0 Å². The van der Waals surface area contributed by atoms with Crippen molar-refractivity contribution in [3.63, 3.8) is 0 Å². The highest BCUT2D eigenvalue weighted by molar-refractivity contribution is 5.81. The first kappa shape index (κ1) is 15.8. The number of carbonyl (C=O) groups is 1. The van der Waals surface area contributed by atoms with E-state index in [0.29, 0.717) is 26.3 Å². The third kappa shape index (κ3) is 3.13. The number of pyridine rings is 1. The van der Waals surface area contributed by atoms with Crippen molar-refractivity contribution in [1.29, 1.82) is 0 Å². The Bertz CT molecular complexity index is 572. The first-order chi connectivity index (χ1) is 11.8. The number of morpholine rings is 1. The van der Waals surface area contributed by atoms with Crippen molar-refractivity contribution in [3.05, 3.63) is 24.5 Å². The maximum absolute atomic E-state index is 12.7. The lowest BCUT2D eigenvalue weighted by Crippen LogP contribution is -2.61. The van der Waals surface area contributed by atoms with Crippen molar-refractivity contribution in [2.24, 2.45) is 0 Å². The minimum atomic E-state index is -0.263. The zero-order chi connectivity index (χ0) is 16.4. The predicted molar refractivity (Wildman–Crippen MR) is 89.9 cm³/mol. The summed E-state index contributed by atoms with van der Waals surface area (Å²) in [6.07, 6.45) is 7.36. The van der Waals surface area contributed by atoms with Crippen LogP contribution in [0.4, 0.5) is 5.69 Å². The van der Waals surface area contributed by atoms with E-state index in [4.69, 9.17) is 9.47 Å². The molecule has 0 saturated carbocycles. The van der Waals surface area contributed by atoms with Crippen LogP contribution in [0.3, 0.4) is 0 Å². The van der Waals surface area contributed by atoms with Crippen molar-refractivity contribution in [2.45, 2.75) is 37.4 Å². The van der Waals surface area contributed by atoms with E-state index in [2.05, 4.69) is 16.0 Å². The van der Waals surface area contributed by atoms with Gasteiger partial charge >= 0.3 is 0 Å². The predicted octanol–water partition coefficient (Wildman–Crippen LogP) is 1.46. The third-order valence-electron chi connectivity index (χ3n) is 5.32. The fourth-order valence-corrected chi connectivity index (χ4v) is 4.12. The number of amides is 1. The molecule has 0 aromatic carbocycles. The molecule has 0 bridgehead atoms. The maximum atomic E-state index is 12.7. The molecule has 24 heavy (non-hydrogen) atoms. The average molecular weight is 331 g/mol. The lowest BCUT2D eigenvalue weighted by molar-refractivity contribution is -0.160. The van der Waals surface area contributed by atoms with Crippen LogP contribution in [0.1, 0.15) is 25.7 Å². The summed E-state index contributed by atoms with van der Waals surface area (Å²) < 4.78 is 11.8. The van der Waals surface area contributed by atoms with E-state index < -0.39 is 0 Å². The molecule has 0 radical (unpaired) electrons. The van der Waals surface area contributed by atoms with Gasteiger partial charge in [0.25, 0.3) is 5.91 Å². The molecule has 0 N–H and O–H groups in total. The summed E-state index contributed by atoms with van der Waals surface area (Å²) >= 11 is 0. The molecule has 3 fully saturated rings. The molecule has 2 atom stereocenters. The van der Waals surface area contributed by atoms with E-state index >= 15 is 0 Å². The molecule has 3 saturated heterocycles. The quantitative estimate of drug-likeness (QED) is 0.821. The van der Waals surface area contributed by atoms with E-state index in [1.54, 1.807) is 6.20 Å². The van der Waals surface area contributed by atoms with E-state index in [-0.39, 0.29) is 17.6 Å². The summed E-state index contributed by atoms with van der Waals surface area (Å²) in [6, 6.07) is 4.05. The second kappa shape index (κ2) is 6.69. The molecule has 1 spiro atoms. The van der Waals surface area contributed by atoms with Crippen molar-refractivity contribution in [2.75, 3.05) is 44.3 Å². The summed E-state index contributed by atoms with van der Waals surface area (Å²) in [5, 5.41) is 0. The molecule has 130 valence electrons. The topological polar surface area (TPSA) is 54.9 Å². The Morgan fingerprint density at radius 3 is 3.00 bits per heavy atom. The zero-order valence-electron chi connectivity index (χ0n) is 14.0. The van der Waals surface area contributed by atoms with Crippen LogP contribution in [0.2, 0.25) is 0 Å². The van der Waals surface area contributed by atoms with Crippen molar-refractivity contribution < 1.29 is 14.3 Å². The largest absolute Gasteiger partial charge is 0.369 e. The van der Waals surface area contributed by atoms with Crippen LogP contribution >= 0.6 is 0 Å². The van der Waals surface area contributed by atoms with Crippen molar-refractivity contribution in [1.82, 2.24) is 9.88 Å². The second-order valence-electron chi connectivity index (χ2n) is 7.03. The summed E-state index contributed by atoms with van der Waals surface area (Å²) in [4.78, 5) is 21.2. The van der Waals surface area contributed by atoms with E-state index in [9.17, 15) is 4.79 Å². The van der Waals surface area contributed by atoms with Gasteiger partial charge in [-0.1, -0.05) is 0 Å². The summed E-state index contributed by atoms with van der Waals surface area (Å²) in [5.74, 6) is 0.147. The Balaban J connectivity index is 1.46. The Morgan fingerprint density at radius 2 is 2.21 bits per heavy atom. The highest BCUT2D eigenvalue weighted by atomic mass is 16.5. The van der Waals surface area contributed by atoms with Crippen LogP contribution in [0, 0.1) is 0 Å². The molecule has 3 aliphatic rings. The number of hydrogen-bond donors (Lipinski definition) is 0. The van der Waals surface area contributed by atoms with Gasteiger partial charge in [-0.25, -0.2) is 0 Å². The van der Waals surface area contributed by atoms with Crippen molar-refractivity contribution in [3.8, 4) is 0 Å². The van der Waals surface area contributed by atoms with Gasteiger partial charge in [0.1, 0.15) is 11.7 Å². The number of aromatic nitrogens is 1. The Hall–Kier alpha value is -1.66. The van der Waals surface area contributed by atoms with Crippen LogP contribution < -0.4 is 4.90 Å². The molecule has 1 aromatic rings. The van der Waals surface area contributed by atoms with E-state index in [1.165, 1.54) is 0 Å². The molecule has 3 aliphatic heterocycles. The Morgan fingerprint density at radius 1 is 1.25 bits per heavy atom. The monoisotopic (exact) mass is 331 g/mol. The van der Waals surface area contributed by atoms with Crippen LogP contribution in [-0.4, -0.2) is 66.9 Å². The average Bonchev–Trinajstić information content (AvgIpc) is 3.17. The van der Waals surface area contributed by atoms with Crippen molar-refractivity contribution >= 4 is 11.6 Å². The highest BCUT2D eigenvalue weighted by Gasteiger charge is 2.43. The van der Waals surface area contributed by atoms with Gasteiger partial charge in [0, 0.05) is 32.4 Å². The first-order valence-corrected chi connectivity index (χ1v) is 8.95. The molecule has 0 aliphatic carbocycles. The number of ether oxygens (including phenoxy) is 2. The van der Waals surface area contributed by atoms with Crippen LogP contribution in [-0.2, 0) is 14.3 Å². The third-order valence-corrected chi connectivity index (χ3v) is 5.32. The number of nitrogens with zero attached hydrogens (tertiary/aromatic N) is 3. The molecule has 6 heteroatoms. The number of anilines is 1. The Kier molecular flexibility index (Phi) is 4.41.